The van der Waals surface area contributed by atoms with Crippen molar-refractivity contribution in [1.82, 2.24) is 5.32 Å². The Labute approximate surface area is 131 Å². The molecule has 0 aromatic heterocycles. The summed E-state index contributed by atoms with van der Waals surface area (Å²) in [4.78, 5) is 22.6. The number of carbonyl (C=O) groups excluding carboxylic acids is 1. The molecule has 23 heavy (non-hydrogen) atoms. The number of carbonyl (C=O) groups is 2. The zero-order valence-electron chi connectivity index (χ0n) is 12.6. The number of hydrogen-bond donors (Lipinski definition) is 2. The second-order valence-corrected chi connectivity index (χ2v) is 6.00. The van der Waals surface area contributed by atoms with Gasteiger partial charge in [0.2, 0.25) is 5.91 Å². The van der Waals surface area contributed by atoms with Gasteiger partial charge in [-0.05, 0) is 36.5 Å². The molecule has 0 aliphatic heterocycles. The van der Waals surface area contributed by atoms with Gasteiger partial charge in [-0.2, -0.15) is 13.2 Å². The van der Waals surface area contributed by atoms with Crippen LogP contribution < -0.4 is 5.32 Å². The Bertz CT molecular complexity index is 577. The lowest BCUT2D eigenvalue weighted by Crippen LogP contribution is -2.46. The van der Waals surface area contributed by atoms with Crippen molar-refractivity contribution in [3.8, 4) is 0 Å². The lowest BCUT2D eigenvalue weighted by molar-refractivity contribution is -0.146. The van der Waals surface area contributed by atoms with Crippen LogP contribution in [0.3, 0.4) is 0 Å². The second kappa shape index (κ2) is 6.60. The molecule has 1 amide bonds. The van der Waals surface area contributed by atoms with Crippen molar-refractivity contribution in [2.75, 3.05) is 0 Å². The molecule has 1 saturated carbocycles. The number of hydrogen-bond acceptors (Lipinski definition) is 2. The number of alkyl halides is 3. The maximum atomic E-state index is 12.5. The molecule has 1 aliphatic rings. The maximum Gasteiger partial charge on any atom is 0.416 e. The van der Waals surface area contributed by atoms with E-state index >= 15 is 0 Å². The van der Waals surface area contributed by atoms with Crippen LogP contribution in [0.2, 0.25) is 0 Å². The molecule has 2 rings (SSSR count). The summed E-state index contributed by atoms with van der Waals surface area (Å²) in [5.41, 5.74) is -0.0581. The lowest BCUT2D eigenvalue weighted by Gasteiger charge is -2.33. The van der Waals surface area contributed by atoms with Crippen LogP contribution in [0, 0.1) is 5.92 Å². The summed E-state index contributed by atoms with van der Waals surface area (Å²) in [7, 11) is 0. The van der Waals surface area contributed by atoms with E-state index in [1.165, 1.54) is 12.1 Å². The Morgan fingerprint density at radius 1 is 1.26 bits per heavy atom. The Kier molecular flexibility index (Phi) is 4.97. The molecule has 1 atom stereocenters. The Balaban J connectivity index is 1.83. The normalized spacial score (nSPS) is 22.1. The number of aliphatic carboxylic acids is 1. The molecule has 0 bridgehead atoms. The molecule has 0 spiro atoms. The molecular weight excluding hydrogens is 311 g/mol. The summed E-state index contributed by atoms with van der Waals surface area (Å²) < 4.78 is 37.5. The molecule has 1 aromatic rings. The highest BCUT2D eigenvalue weighted by molar-refractivity contribution is 5.78. The second-order valence-electron chi connectivity index (χ2n) is 6.00. The van der Waals surface area contributed by atoms with Gasteiger partial charge in [-0.15, -0.1) is 0 Å². The van der Waals surface area contributed by atoms with Crippen LogP contribution in [0.1, 0.15) is 43.2 Å². The standard InChI is InChI=1S/C16H18F3NO3/c1-9(10-2-4-12(5-3-10)16(17,18)19)6-14(21)20-13-7-11(8-13)15(22)23/h2-5,9,11,13H,6-8H2,1H3,(H,20,21)(H,22,23). The van der Waals surface area contributed by atoms with Crippen molar-refractivity contribution in [3.05, 3.63) is 35.4 Å². The lowest BCUT2D eigenvalue weighted by atomic mass is 9.80. The molecule has 7 heteroatoms. The van der Waals surface area contributed by atoms with Crippen molar-refractivity contribution in [3.63, 3.8) is 0 Å². The zero-order valence-corrected chi connectivity index (χ0v) is 12.6. The van der Waals surface area contributed by atoms with Crippen LogP contribution in [0.15, 0.2) is 24.3 Å². The topological polar surface area (TPSA) is 66.4 Å². The van der Waals surface area contributed by atoms with Crippen LogP contribution in [-0.4, -0.2) is 23.0 Å². The highest BCUT2D eigenvalue weighted by Gasteiger charge is 2.35. The third-order valence-electron chi connectivity index (χ3n) is 4.15. The van der Waals surface area contributed by atoms with E-state index < -0.39 is 23.6 Å². The molecular formula is C16H18F3NO3. The first-order valence-corrected chi connectivity index (χ1v) is 7.36. The van der Waals surface area contributed by atoms with E-state index in [-0.39, 0.29) is 24.3 Å². The fourth-order valence-electron chi connectivity index (χ4n) is 2.62. The monoisotopic (exact) mass is 329 g/mol. The number of amides is 1. The van der Waals surface area contributed by atoms with Crippen LogP contribution in [0.25, 0.3) is 0 Å². The third-order valence-corrected chi connectivity index (χ3v) is 4.15. The van der Waals surface area contributed by atoms with Gasteiger partial charge in [-0.1, -0.05) is 19.1 Å². The van der Waals surface area contributed by atoms with Gasteiger partial charge in [0, 0.05) is 12.5 Å². The molecule has 126 valence electrons. The van der Waals surface area contributed by atoms with Crippen molar-refractivity contribution in [1.29, 1.82) is 0 Å². The largest absolute Gasteiger partial charge is 0.481 e. The van der Waals surface area contributed by atoms with Crippen LogP contribution in [-0.2, 0) is 15.8 Å². The molecule has 1 fully saturated rings. The van der Waals surface area contributed by atoms with E-state index in [1.807, 2.05) is 0 Å². The minimum Gasteiger partial charge on any atom is -0.481 e. The summed E-state index contributed by atoms with van der Waals surface area (Å²) in [6.07, 6.45) is -3.37. The molecule has 0 radical (unpaired) electrons. The number of benzene rings is 1. The van der Waals surface area contributed by atoms with Gasteiger partial charge < -0.3 is 10.4 Å². The predicted molar refractivity (Wildman–Crippen MR) is 76.8 cm³/mol. The van der Waals surface area contributed by atoms with Crippen molar-refractivity contribution in [2.24, 2.45) is 5.92 Å². The van der Waals surface area contributed by atoms with E-state index in [0.29, 0.717) is 18.4 Å². The molecule has 1 aromatic carbocycles. The van der Waals surface area contributed by atoms with Gasteiger partial charge in [0.15, 0.2) is 0 Å². The SMILES string of the molecule is CC(CC(=O)NC1CC(C(=O)O)C1)c1ccc(C(F)(F)F)cc1. The molecule has 4 nitrogen and oxygen atoms in total. The summed E-state index contributed by atoms with van der Waals surface area (Å²) in [5.74, 6) is -1.68. The first kappa shape index (κ1) is 17.3. The van der Waals surface area contributed by atoms with E-state index in [4.69, 9.17) is 5.11 Å². The first-order chi connectivity index (χ1) is 10.7. The van der Waals surface area contributed by atoms with Crippen molar-refractivity contribution >= 4 is 11.9 Å². The molecule has 1 aliphatic carbocycles. The molecule has 0 heterocycles. The first-order valence-electron chi connectivity index (χ1n) is 7.36. The number of carboxylic acids is 1. The Morgan fingerprint density at radius 3 is 2.30 bits per heavy atom. The van der Waals surface area contributed by atoms with Crippen LogP contribution in [0.5, 0.6) is 0 Å². The predicted octanol–water partition coefficient (Wildman–Crippen LogP) is 3.18. The maximum absolute atomic E-state index is 12.5. The third kappa shape index (κ3) is 4.46. The summed E-state index contributed by atoms with van der Waals surface area (Å²) in [5, 5.41) is 11.5. The zero-order chi connectivity index (χ0) is 17.2. The molecule has 0 saturated heterocycles. The smallest absolute Gasteiger partial charge is 0.416 e. The van der Waals surface area contributed by atoms with Crippen molar-refractivity contribution < 1.29 is 27.9 Å². The van der Waals surface area contributed by atoms with Gasteiger partial charge >= 0.3 is 12.1 Å². The van der Waals surface area contributed by atoms with Crippen molar-refractivity contribution in [2.45, 2.75) is 44.3 Å². The molecule has 1 unspecified atom stereocenters. The Hall–Kier alpha value is -2.05. The quantitative estimate of drug-likeness (QED) is 0.872. The van der Waals surface area contributed by atoms with E-state index in [0.717, 1.165) is 12.1 Å². The van der Waals surface area contributed by atoms with Gasteiger partial charge in [-0.3, -0.25) is 9.59 Å². The molecule has 2 N–H and O–H groups in total. The average Bonchev–Trinajstić information content (AvgIpc) is 2.41. The fraction of sp³-hybridized carbons (Fsp3) is 0.500. The Morgan fingerprint density at radius 2 is 1.83 bits per heavy atom. The van der Waals surface area contributed by atoms with Gasteiger partial charge in [0.25, 0.3) is 0 Å². The number of halogens is 3. The van der Waals surface area contributed by atoms with Crippen LogP contribution >= 0.6 is 0 Å². The number of carboxylic acid groups (broad SMARTS) is 1. The summed E-state index contributed by atoms with van der Waals surface area (Å²) in [6.45, 7) is 1.77. The van der Waals surface area contributed by atoms with Crippen LogP contribution in [0.4, 0.5) is 13.2 Å². The fourth-order valence-corrected chi connectivity index (χ4v) is 2.62. The highest BCUT2D eigenvalue weighted by Crippen LogP contribution is 2.31. The van der Waals surface area contributed by atoms with E-state index in [1.54, 1.807) is 6.92 Å². The summed E-state index contributed by atoms with van der Waals surface area (Å²) in [6, 6.07) is 4.65. The minimum atomic E-state index is -4.37. The number of nitrogens with one attached hydrogen (secondary N) is 1. The van der Waals surface area contributed by atoms with E-state index in [2.05, 4.69) is 5.32 Å². The summed E-state index contributed by atoms with van der Waals surface area (Å²) >= 11 is 0. The average molecular weight is 329 g/mol. The highest BCUT2D eigenvalue weighted by atomic mass is 19.4. The van der Waals surface area contributed by atoms with Gasteiger partial charge in [-0.25, -0.2) is 0 Å². The van der Waals surface area contributed by atoms with Gasteiger partial charge in [0.05, 0.1) is 11.5 Å². The van der Waals surface area contributed by atoms with E-state index in [9.17, 15) is 22.8 Å². The van der Waals surface area contributed by atoms with Gasteiger partial charge in [0.1, 0.15) is 0 Å². The minimum absolute atomic E-state index is 0.122. The number of rotatable bonds is 5.